The summed E-state index contributed by atoms with van der Waals surface area (Å²) in [5, 5.41) is 15.3. The zero-order valence-corrected chi connectivity index (χ0v) is 14.1. The van der Waals surface area contributed by atoms with Crippen LogP contribution in [0.4, 0.5) is 0 Å². The quantitative estimate of drug-likeness (QED) is 0.416. The van der Waals surface area contributed by atoms with Crippen molar-refractivity contribution in [2.75, 3.05) is 0 Å². The summed E-state index contributed by atoms with van der Waals surface area (Å²) in [5.41, 5.74) is 3.18. The van der Waals surface area contributed by atoms with Gasteiger partial charge in [-0.25, -0.2) is 0 Å². The van der Waals surface area contributed by atoms with E-state index in [0.29, 0.717) is 13.4 Å². The smallest absolute Gasteiger partial charge is 0.537 e. The molecule has 0 spiro atoms. The highest BCUT2D eigenvalue weighted by atomic mass is 16.5. The second-order valence-corrected chi connectivity index (χ2v) is 6.59. The van der Waals surface area contributed by atoms with E-state index < -0.39 is 0 Å². The lowest BCUT2D eigenvalue weighted by atomic mass is 10.0. The van der Waals surface area contributed by atoms with Crippen molar-refractivity contribution in [3.63, 3.8) is 0 Å². The van der Waals surface area contributed by atoms with Crippen LogP contribution in [0.5, 0.6) is 5.75 Å². The van der Waals surface area contributed by atoms with Crippen molar-refractivity contribution in [1.82, 2.24) is 0 Å². The highest BCUT2D eigenvalue weighted by molar-refractivity contribution is 6.22. The van der Waals surface area contributed by atoms with Gasteiger partial charge in [-0.3, -0.25) is 0 Å². The van der Waals surface area contributed by atoms with Crippen molar-refractivity contribution in [1.29, 1.82) is 0 Å². The maximum Gasteiger partial charge on any atom is 0.569 e. The third-order valence-corrected chi connectivity index (χ3v) is 5.11. The Labute approximate surface area is 153 Å². The number of rotatable bonds is 2. The van der Waals surface area contributed by atoms with Crippen LogP contribution in [-0.2, 0) is 0 Å². The Bertz CT molecular complexity index is 1490. The van der Waals surface area contributed by atoms with Gasteiger partial charge in [0, 0.05) is 27.6 Å². The summed E-state index contributed by atoms with van der Waals surface area (Å²) in [6, 6.07) is 21.9. The molecule has 0 bridgehead atoms. The number of benzene rings is 4. The minimum absolute atomic E-state index is 0.551. The molecule has 1 N–H and O–H groups in total. The van der Waals surface area contributed by atoms with Gasteiger partial charge in [-0.05, 0) is 41.1 Å². The van der Waals surface area contributed by atoms with Crippen LogP contribution in [-0.4, -0.2) is 12.7 Å². The Morgan fingerprint density at radius 2 is 1.44 bits per heavy atom. The molecule has 27 heavy (non-hydrogen) atoms. The maximum atomic E-state index is 8.91. The highest BCUT2D eigenvalue weighted by Gasteiger charge is 2.15. The van der Waals surface area contributed by atoms with Gasteiger partial charge < -0.3 is 18.5 Å². The largest absolute Gasteiger partial charge is 0.569 e. The van der Waals surface area contributed by atoms with Crippen molar-refractivity contribution in [2.45, 2.75) is 0 Å². The van der Waals surface area contributed by atoms with E-state index >= 15 is 0 Å². The van der Waals surface area contributed by atoms with Crippen molar-refractivity contribution in [3.05, 3.63) is 66.7 Å². The van der Waals surface area contributed by atoms with E-state index in [1.807, 2.05) is 36.4 Å². The van der Waals surface area contributed by atoms with E-state index in [9.17, 15) is 0 Å². The molecule has 6 aromatic rings. The molecule has 4 aromatic carbocycles. The third-order valence-electron chi connectivity index (χ3n) is 5.11. The monoisotopic (exact) mass is 351 g/mol. The topological polar surface area (TPSA) is 55.7 Å². The van der Waals surface area contributed by atoms with Gasteiger partial charge in [0.1, 0.15) is 28.1 Å². The van der Waals surface area contributed by atoms with Gasteiger partial charge in [-0.2, -0.15) is 0 Å². The SMILES string of the molecule is O[B]Oc1ccc2oc3cc4oc5ccc6ccccc6c5c4cc3c2c1. The standard InChI is InChI=1S/C22H12BO4/c24-23-27-13-6-8-18-15(9-13)16-10-17-21(11-20(16)25-18)26-19-7-5-12-3-1-2-4-14(12)22(17)19/h1-11,24H. The van der Waals surface area contributed by atoms with Crippen molar-refractivity contribution in [3.8, 4) is 5.75 Å². The Morgan fingerprint density at radius 3 is 2.37 bits per heavy atom. The summed E-state index contributed by atoms with van der Waals surface area (Å²) >= 11 is 0. The fourth-order valence-corrected chi connectivity index (χ4v) is 3.93. The first-order chi connectivity index (χ1) is 13.3. The van der Waals surface area contributed by atoms with Gasteiger partial charge in [-0.1, -0.05) is 30.3 Å². The summed E-state index contributed by atoms with van der Waals surface area (Å²) in [4.78, 5) is 0. The van der Waals surface area contributed by atoms with E-state index in [2.05, 4.69) is 24.3 Å². The lowest BCUT2D eigenvalue weighted by Crippen LogP contribution is -1.98. The molecule has 127 valence electrons. The Balaban J connectivity index is 1.76. The van der Waals surface area contributed by atoms with E-state index in [0.717, 1.165) is 43.9 Å². The van der Waals surface area contributed by atoms with Crippen LogP contribution in [0.15, 0.2) is 75.6 Å². The molecule has 0 fully saturated rings. The molecule has 4 nitrogen and oxygen atoms in total. The lowest BCUT2D eigenvalue weighted by Gasteiger charge is -2.00. The summed E-state index contributed by atoms with van der Waals surface area (Å²) < 4.78 is 17.2. The molecule has 0 aliphatic heterocycles. The molecular weight excluding hydrogens is 339 g/mol. The predicted molar refractivity (Wildman–Crippen MR) is 107 cm³/mol. The average molecular weight is 351 g/mol. The van der Waals surface area contributed by atoms with E-state index in [-0.39, 0.29) is 0 Å². The Hall–Kier alpha value is -3.44. The van der Waals surface area contributed by atoms with Crippen molar-refractivity contribution < 1.29 is 18.5 Å². The molecule has 0 saturated heterocycles. The van der Waals surface area contributed by atoms with Crippen molar-refractivity contribution in [2.24, 2.45) is 0 Å². The van der Waals surface area contributed by atoms with Crippen LogP contribution in [0.3, 0.4) is 0 Å². The second-order valence-electron chi connectivity index (χ2n) is 6.59. The first-order valence-electron chi connectivity index (χ1n) is 8.65. The first kappa shape index (κ1) is 14.7. The van der Waals surface area contributed by atoms with Crippen LogP contribution in [0.25, 0.3) is 54.6 Å². The average Bonchev–Trinajstić information content (AvgIpc) is 3.23. The number of furan rings is 2. The van der Waals surface area contributed by atoms with Gasteiger partial charge >= 0.3 is 7.69 Å². The molecule has 0 aliphatic rings. The molecule has 0 amide bonds. The first-order valence-corrected chi connectivity index (χ1v) is 8.65. The summed E-state index contributed by atoms with van der Waals surface area (Å²) in [5.74, 6) is 0.551. The predicted octanol–water partition coefficient (Wildman–Crippen LogP) is 5.54. The van der Waals surface area contributed by atoms with Crippen LogP contribution < -0.4 is 4.65 Å². The van der Waals surface area contributed by atoms with Gasteiger partial charge in [0.05, 0.1) is 0 Å². The van der Waals surface area contributed by atoms with Crippen LogP contribution in [0.1, 0.15) is 0 Å². The van der Waals surface area contributed by atoms with Gasteiger partial charge in [0.25, 0.3) is 0 Å². The minimum atomic E-state index is 0.551. The van der Waals surface area contributed by atoms with Gasteiger partial charge in [0.2, 0.25) is 0 Å². The van der Waals surface area contributed by atoms with E-state index in [1.54, 1.807) is 6.07 Å². The summed E-state index contributed by atoms with van der Waals surface area (Å²) in [7, 11) is 0.678. The minimum Gasteiger partial charge on any atom is -0.537 e. The van der Waals surface area contributed by atoms with E-state index in [4.69, 9.17) is 18.5 Å². The van der Waals surface area contributed by atoms with Gasteiger partial charge in [0.15, 0.2) is 0 Å². The molecule has 0 unspecified atom stereocenters. The third kappa shape index (κ3) is 2.03. The molecule has 2 aromatic heterocycles. The zero-order chi connectivity index (χ0) is 18.0. The molecule has 6 rings (SSSR count). The van der Waals surface area contributed by atoms with Crippen LogP contribution in [0.2, 0.25) is 0 Å². The molecule has 2 heterocycles. The Morgan fingerprint density at radius 1 is 0.667 bits per heavy atom. The molecule has 1 radical (unpaired) electrons. The normalized spacial score (nSPS) is 11.9. The second kappa shape index (κ2) is 5.28. The van der Waals surface area contributed by atoms with Crippen LogP contribution in [0, 0.1) is 0 Å². The molecule has 0 saturated carbocycles. The highest BCUT2D eigenvalue weighted by Crippen LogP contribution is 2.39. The zero-order valence-electron chi connectivity index (χ0n) is 14.1. The summed E-state index contributed by atoms with van der Waals surface area (Å²) in [6.07, 6.45) is 0. The fraction of sp³-hybridized carbons (Fsp3) is 0. The molecule has 5 heteroatoms. The van der Waals surface area contributed by atoms with Crippen LogP contribution >= 0.6 is 0 Å². The molecule has 0 aliphatic carbocycles. The number of hydrogen-bond acceptors (Lipinski definition) is 4. The summed E-state index contributed by atoms with van der Waals surface area (Å²) in [6.45, 7) is 0. The Kier molecular flexibility index (Phi) is 2.88. The molecule has 0 atom stereocenters. The number of fused-ring (bicyclic) bond motifs is 8. The fourth-order valence-electron chi connectivity index (χ4n) is 3.93. The van der Waals surface area contributed by atoms with Crippen molar-refractivity contribution >= 4 is 62.3 Å². The maximum absolute atomic E-state index is 8.91. The molecular formula is C22H12BO4. The number of hydrogen-bond donors (Lipinski definition) is 1. The van der Waals surface area contributed by atoms with Gasteiger partial charge in [-0.15, -0.1) is 0 Å². The lowest BCUT2D eigenvalue weighted by molar-refractivity contribution is 0.454. The van der Waals surface area contributed by atoms with E-state index in [1.165, 1.54) is 10.8 Å².